The molecule has 9 aromatic carbocycles. The molecular weight excluding hydrogens is 667 g/mol. The summed E-state index contributed by atoms with van der Waals surface area (Å²) in [5.41, 5.74) is 14.4. The van der Waals surface area contributed by atoms with Gasteiger partial charge >= 0.3 is 0 Å². The third-order valence-corrected chi connectivity index (χ3v) is 11.0. The number of rotatable bonds is 5. The Morgan fingerprint density at radius 3 is 1.35 bits per heavy atom. The summed E-state index contributed by atoms with van der Waals surface area (Å²) < 4.78 is 2.37. The minimum atomic E-state index is 0.865. The molecule has 2 heterocycles. The summed E-state index contributed by atoms with van der Waals surface area (Å²) >= 11 is 0. The second kappa shape index (κ2) is 12.6. The standard InChI is InChI=1S/C52H33N3/c1-3-22-46-42(18-1)43-19-2-4-23-47(43)52-51(46)53-33-48(54-52)40-16-10-14-38(31-40)37-13-9-12-36(30-37)34-26-28-35(29-27-34)39-15-11-17-41(32-39)55-49-24-7-5-20-44(49)45-21-6-8-25-50(45)55/h1-33H. The number of fused-ring (bicyclic) bond motifs is 9. The Balaban J connectivity index is 0.914. The van der Waals surface area contributed by atoms with E-state index in [-0.39, 0.29) is 0 Å². The largest absolute Gasteiger partial charge is 0.309 e. The molecular formula is C52H33N3. The van der Waals surface area contributed by atoms with Crippen LogP contribution in [-0.2, 0) is 0 Å². The summed E-state index contributed by atoms with van der Waals surface area (Å²) in [7, 11) is 0. The smallest absolute Gasteiger partial charge is 0.0979 e. The molecule has 55 heavy (non-hydrogen) atoms. The first-order valence-electron chi connectivity index (χ1n) is 18.7. The molecule has 3 nitrogen and oxygen atoms in total. The molecule has 0 aliphatic carbocycles. The molecule has 11 rings (SSSR count). The van der Waals surface area contributed by atoms with Crippen LogP contribution in [0.1, 0.15) is 0 Å². The van der Waals surface area contributed by atoms with Gasteiger partial charge < -0.3 is 4.57 Å². The van der Waals surface area contributed by atoms with Crippen molar-refractivity contribution >= 4 is 54.4 Å². The number of nitrogens with zero attached hydrogens (tertiary/aromatic N) is 3. The number of para-hydroxylation sites is 2. The fourth-order valence-corrected chi connectivity index (χ4v) is 8.38. The molecule has 0 unspecified atom stereocenters. The van der Waals surface area contributed by atoms with Gasteiger partial charge in [-0.15, -0.1) is 0 Å². The SMILES string of the molecule is c1cc(-c2ccc(-c3cccc(-n4c5ccccc5c5ccccc54)c3)cc2)cc(-c2cccc(-c3cnc4c5ccccc5c5ccccc5c4n3)c2)c1. The van der Waals surface area contributed by atoms with E-state index < -0.39 is 0 Å². The number of benzene rings is 9. The van der Waals surface area contributed by atoms with Crippen molar-refractivity contribution in [3.05, 3.63) is 200 Å². The maximum absolute atomic E-state index is 5.24. The van der Waals surface area contributed by atoms with Crippen LogP contribution in [0.4, 0.5) is 0 Å². The molecule has 0 atom stereocenters. The van der Waals surface area contributed by atoms with Crippen LogP contribution < -0.4 is 0 Å². The topological polar surface area (TPSA) is 30.7 Å². The molecule has 0 fully saturated rings. The van der Waals surface area contributed by atoms with E-state index in [4.69, 9.17) is 9.97 Å². The van der Waals surface area contributed by atoms with E-state index in [0.29, 0.717) is 0 Å². The lowest BCUT2D eigenvalue weighted by atomic mass is 9.96. The maximum Gasteiger partial charge on any atom is 0.0979 e. The van der Waals surface area contributed by atoms with E-state index >= 15 is 0 Å². The Hall–Kier alpha value is -7.36. The molecule has 0 saturated heterocycles. The van der Waals surface area contributed by atoms with Crippen molar-refractivity contribution in [3.8, 4) is 50.3 Å². The Morgan fingerprint density at radius 2 is 0.745 bits per heavy atom. The molecule has 0 saturated carbocycles. The van der Waals surface area contributed by atoms with Crippen LogP contribution in [0.3, 0.4) is 0 Å². The van der Waals surface area contributed by atoms with Gasteiger partial charge in [0.25, 0.3) is 0 Å². The lowest BCUT2D eigenvalue weighted by Gasteiger charge is -2.12. The van der Waals surface area contributed by atoms with Crippen LogP contribution in [0.25, 0.3) is 105 Å². The highest BCUT2D eigenvalue weighted by atomic mass is 15.0. The first-order valence-corrected chi connectivity index (χ1v) is 18.7. The molecule has 11 aromatic rings. The normalized spacial score (nSPS) is 11.6. The van der Waals surface area contributed by atoms with Crippen LogP contribution >= 0.6 is 0 Å². The Morgan fingerprint density at radius 1 is 0.309 bits per heavy atom. The van der Waals surface area contributed by atoms with Crippen molar-refractivity contribution < 1.29 is 0 Å². The third-order valence-electron chi connectivity index (χ3n) is 11.0. The minimum absolute atomic E-state index is 0.865. The van der Waals surface area contributed by atoms with Gasteiger partial charge in [-0.05, 0) is 80.6 Å². The van der Waals surface area contributed by atoms with Gasteiger partial charge in [-0.25, -0.2) is 4.98 Å². The van der Waals surface area contributed by atoms with E-state index in [1.807, 2.05) is 6.20 Å². The number of aromatic nitrogens is 3. The molecule has 0 spiro atoms. The van der Waals surface area contributed by atoms with Gasteiger partial charge in [0, 0.05) is 32.8 Å². The predicted octanol–water partition coefficient (Wildman–Crippen LogP) is 13.7. The van der Waals surface area contributed by atoms with Crippen molar-refractivity contribution in [2.75, 3.05) is 0 Å². The summed E-state index contributed by atoms with van der Waals surface area (Å²) in [6, 6.07) is 69.5. The second-order valence-corrected chi connectivity index (χ2v) is 14.2. The highest BCUT2D eigenvalue weighted by Gasteiger charge is 2.14. The van der Waals surface area contributed by atoms with Gasteiger partial charge in [0.15, 0.2) is 0 Å². The highest BCUT2D eigenvalue weighted by Crippen LogP contribution is 2.37. The Bertz CT molecular complexity index is 3170. The van der Waals surface area contributed by atoms with E-state index in [1.165, 1.54) is 54.8 Å². The van der Waals surface area contributed by atoms with Crippen LogP contribution in [-0.4, -0.2) is 14.5 Å². The Kier molecular flexibility index (Phi) is 7.17. The minimum Gasteiger partial charge on any atom is -0.309 e. The second-order valence-electron chi connectivity index (χ2n) is 14.2. The van der Waals surface area contributed by atoms with E-state index in [2.05, 4.69) is 199 Å². The molecule has 2 aromatic heterocycles. The lowest BCUT2D eigenvalue weighted by molar-refractivity contribution is 1.18. The van der Waals surface area contributed by atoms with Gasteiger partial charge in [-0.2, -0.15) is 0 Å². The summed E-state index contributed by atoms with van der Waals surface area (Å²) in [4.78, 5) is 10.2. The van der Waals surface area contributed by atoms with Gasteiger partial charge in [-0.1, -0.05) is 158 Å². The molecule has 0 N–H and O–H groups in total. The lowest BCUT2D eigenvalue weighted by Crippen LogP contribution is -1.94. The van der Waals surface area contributed by atoms with Crippen molar-refractivity contribution in [2.45, 2.75) is 0 Å². The fourth-order valence-electron chi connectivity index (χ4n) is 8.38. The average Bonchev–Trinajstić information content (AvgIpc) is 3.61. The third kappa shape index (κ3) is 5.20. The van der Waals surface area contributed by atoms with Crippen molar-refractivity contribution in [1.29, 1.82) is 0 Å². The van der Waals surface area contributed by atoms with Crippen molar-refractivity contribution in [2.24, 2.45) is 0 Å². The first-order chi connectivity index (χ1) is 27.3. The maximum atomic E-state index is 5.24. The summed E-state index contributed by atoms with van der Waals surface area (Å²) in [6.45, 7) is 0. The fraction of sp³-hybridized carbons (Fsp3) is 0. The van der Waals surface area contributed by atoms with E-state index in [0.717, 1.165) is 49.9 Å². The van der Waals surface area contributed by atoms with Gasteiger partial charge in [0.05, 0.1) is 34.0 Å². The Labute approximate surface area is 318 Å². The average molecular weight is 700 g/mol. The summed E-state index contributed by atoms with van der Waals surface area (Å²) in [5.74, 6) is 0. The molecule has 256 valence electrons. The van der Waals surface area contributed by atoms with Crippen LogP contribution in [0, 0.1) is 0 Å². The quantitative estimate of drug-likeness (QED) is 0.167. The van der Waals surface area contributed by atoms with Crippen molar-refractivity contribution in [1.82, 2.24) is 14.5 Å². The van der Waals surface area contributed by atoms with Crippen molar-refractivity contribution in [3.63, 3.8) is 0 Å². The van der Waals surface area contributed by atoms with Crippen LogP contribution in [0.2, 0.25) is 0 Å². The van der Waals surface area contributed by atoms with Gasteiger partial charge in [0.1, 0.15) is 0 Å². The van der Waals surface area contributed by atoms with Gasteiger partial charge in [0.2, 0.25) is 0 Å². The molecule has 0 bridgehead atoms. The first kappa shape index (κ1) is 31.2. The molecule has 0 amide bonds. The zero-order valence-corrected chi connectivity index (χ0v) is 29.9. The highest BCUT2D eigenvalue weighted by molar-refractivity contribution is 6.23. The predicted molar refractivity (Wildman–Crippen MR) is 231 cm³/mol. The summed E-state index contributed by atoms with van der Waals surface area (Å²) in [6.07, 6.45) is 1.92. The zero-order valence-electron chi connectivity index (χ0n) is 29.9. The molecule has 0 aliphatic heterocycles. The monoisotopic (exact) mass is 699 g/mol. The van der Waals surface area contributed by atoms with E-state index in [9.17, 15) is 0 Å². The number of hydrogen-bond donors (Lipinski definition) is 0. The zero-order chi connectivity index (χ0) is 36.3. The van der Waals surface area contributed by atoms with Gasteiger partial charge in [-0.3, -0.25) is 4.98 Å². The summed E-state index contributed by atoms with van der Waals surface area (Å²) in [5, 5.41) is 7.19. The molecule has 0 aliphatic rings. The van der Waals surface area contributed by atoms with Crippen LogP contribution in [0.5, 0.6) is 0 Å². The van der Waals surface area contributed by atoms with E-state index in [1.54, 1.807) is 0 Å². The molecule has 0 radical (unpaired) electrons. The molecule has 3 heteroatoms. The number of hydrogen-bond acceptors (Lipinski definition) is 2. The van der Waals surface area contributed by atoms with Crippen LogP contribution in [0.15, 0.2) is 200 Å².